The highest BCUT2D eigenvalue weighted by Crippen LogP contribution is 2.26. The van der Waals surface area contributed by atoms with E-state index in [-0.39, 0.29) is 12.2 Å². The van der Waals surface area contributed by atoms with E-state index in [1.807, 2.05) is 18.2 Å². The van der Waals surface area contributed by atoms with Gasteiger partial charge in [-0.3, -0.25) is 4.79 Å². The fourth-order valence-corrected chi connectivity index (χ4v) is 1.61. The first-order valence-corrected chi connectivity index (χ1v) is 5.10. The SMILES string of the molecule is O=C(O)CC#Cc1ccc(O)c2ccccc12. The Labute approximate surface area is 98.3 Å². The van der Waals surface area contributed by atoms with Gasteiger partial charge in [-0.2, -0.15) is 0 Å². The molecule has 0 radical (unpaired) electrons. The molecule has 3 heteroatoms. The summed E-state index contributed by atoms with van der Waals surface area (Å²) in [7, 11) is 0. The number of benzene rings is 2. The first kappa shape index (κ1) is 11.0. The summed E-state index contributed by atoms with van der Waals surface area (Å²) < 4.78 is 0. The Hall–Kier alpha value is -2.47. The average molecular weight is 226 g/mol. The van der Waals surface area contributed by atoms with Gasteiger partial charge in [-0.15, -0.1) is 0 Å². The van der Waals surface area contributed by atoms with E-state index in [0.29, 0.717) is 0 Å². The molecule has 0 spiro atoms. The number of carboxylic acids is 1. The largest absolute Gasteiger partial charge is 0.507 e. The Bertz CT molecular complexity index is 633. The summed E-state index contributed by atoms with van der Waals surface area (Å²) in [6.45, 7) is 0. The summed E-state index contributed by atoms with van der Waals surface area (Å²) in [5.74, 6) is 4.64. The van der Waals surface area contributed by atoms with Crippen LogP contribution in [0.4, 0.5) is 0 Å². The highest BCUT2D eigenvalue weighted by molar-refractivity contribution is 5.92. The first-order valence-electron chi connectivity index (χ1n) is 5.10. The second kappa shape index (κ2) is 4.58. The molecule has 0 amide bonds. The maximum absolute atomic E-state index is 10.4. The first-order chi connectivity index (χ1) is 8.18. The minimum absolute atomic E-state index is 0.185. The number of hydrogen-bond acceptors (Lipinski definition) is 2. The van der Waals surface area contributed by atoms with E-state index in [2.05, 4.69) is 11.8 Å². The maximum Gasteiger partial charge on any atom is 0.315 e. The van der Waals surface area contributed by atoms with Crippen LogP contribution in [0.2, 0.25) is 0 Å². The summed E-state index contributed by atoms with van der Waals surface area (Å²) in [4.78, 5) is 10.4. The van der Waals surface area contributed by atoms with Crippen LogP contribution in [0.5, 0.6) is 5.75 Å². The molecule has 0 aliphatic rings. The molecule has 0 heterocycles. The molecule has 0 saturated heterocycles. The smallest absolute Gasteiger partial charge is 0.315 e. The molecule has 0 aliphatic carbocycles. The molecule has 0 unspecified atom stereocenters. The van der Waals surface area contributed by atoms with Crippen molar-refractivity contribution in [2.75, 3.05) is 0 Å². The minimum atomic E-state index is -0.944. The summed E-state index contributed by atoms with van der Waals surface area (Å²) in [5.41, 5.74) is 0.722. The van der Waals surface area contributed by atoms with Crippen LogP contribution in [-0.2, 0) is 4.79 Å². The van der Waals surface area contributed by atoms with Crippen molar-refractivity contribution in [3.8, 4) is 17.6 Å². The molecular formula is C14H10O3. The topological polar surface area (TPSA) is 57.5 Å². The van der Waals surface area contributed by atoms with Crippen LogP contribution < -0.4 is 0 Å². The number of carbonyl (C=O) groups is 1. The molecule has 3 nitrogen and oxygen atoms in total. The van der Waals surface area contributed by atoms with Crippen molar-refractivity contribution in [2.45, 2.75) is 6.42 Å². The lowest BCUT2D eigenvalue weighted by Gasteiger charge is -2.02. The summed E-state index contributed by atoms with van der Waals surface area (Å²) in [6.07, 6.45) is -0.185. The van der Waals surface area contributed by atoms with Gasteiger partial charge in [-0.25, -0.2) is 0 Å². The Morgan fingerprint density at radius 3 is 2.53 bits per heavy atom. The summed E-state index contributed by atoms with van der Waals surface area (Å²) in [6, 6.07) is 10.6. The van der Waals surface area contributed by atoms with Gasteiger partial charge in [0, 0.05) is 16.3 Å². The highest BCUT2D eigenvalue weighted by atomic mass is 16.4. The van der Waals surface area contributed by atoms with Gasteiger partial charge in [-0.05, 0) is 12.1 Å². The predicted molar refractivity (Wildman–Crippen MR) is 64.7 cm³/mol. The van der Waals surface area contributed by atoms with Gasteiger partial charge >= 0.3 is 5.97 Å². The lowest BCUT2D eigenvalue weighted by Crippen LogP contribution is -1.90. The van der Waals surface area contributed by atoms with Crippen molar-refractivity contribution in [2.24, 2.45) is 0 Å². The zero-order valence-corrected chi connectivity index (χ0v) is 8.97. The van der Waals surface area contributed by atoms with Crippen LogP contribution in [0.3, 0.4) is 0 Å². The minimum Gasteiger partial charge on any atom is -0.507 e. The Morgan fingerprint density at radius 2 is 1.82 bits per heavy atom. The summed E-state index contributed by atoms with van der Waals surface area (Å²) in [5, 5.41) is 19.7. The highest BCUT2D eigenvalue weighted by Gasteiger charge is 2.02. The van der Waals surface area contributed by atoms with Crippen LogP contribution in [-0.4, -0.2) is 16.2 Å². The molecule has 84 valence electrons. The fourth-order valence-electron chi connectivity index (χ4n) is 1.61. The third kappa shape index (κ3) is 2.37. The van der Waals surface area contributed by atoms with Crippen molar-refractivity contribution in [1.82, 2.24) is 0 Å². The Kier molecular flexibility index (Phi) is 2.97. The molecule has 0 fully saturated rings. The number of rotatable bonds is 1. The van der Waals surface area contributed by atoms with Gasteiger partial charge in [0.25, 0.3) is 0 Å². The zero-order valence-electron chi connectivity index (χ0n) is 8.97. The lowest BCUT2D eigenvalue weighted by atomic mass is 10.0. The van der Waals surface area contributed by atoms with Crippen molar-refractivity contribution in [3.63, 3.8) is 0 Å². The predicted octanol–water partition coefficient (Wildman–Crippen LogP) is 2.37. The Morgan fingerprint density at radius 1 is 1.12 bits per heavy atom. The number of phenolic OH excluding ortho intramolecular Hbond substituents is 1. The van der Waals surface area contributed by atoms with Gasteiger partial charge in [-0.1, -0.05) is 36.1 Å². The van der Waals surface area contributed by atoms with Crippen molar-refractivity contribution < 1.29 is 15.0 Å². The fraction of sp³-hybridized carbons (Fsp3) is 0.0714. The van der Waals surface area contributed by atoms with E-state index in [4.69, 9.17) is 5.11 Å². The molecular weight excluding hydrogens is 216 g/mol. The van der Waals surface area contributed by atoms with E-state index >= 15 is 0 Å². The molecule has 17 heavy (non-hydrogen) atoms. The van der Waals surface area contributed by atoms with Crippen molar-refractivity contribution >= 4 is 16.7 Å². The Balaban J connectivity index is 2.51. The third-order valence-electron chi connectivity index (χ3n) is 2.36. The van der Waals surface area contributed by atoms with Crippen molar-refractivity contribution in [1.29, 1.82) is 0 Å². The molecule has 0 atom stereocenters. The number of fused-ring (bicyclic) bond motifs is 1. The van der Waals surface area contributed by atoms with Gasteiger partial charge < -0.3 is 10.2 Å². The number of hydrogen-bond donors (Lipinski definition) is 2. The molecule has 2 aromatic carbocycles. The normalized spacial score (nSPS) is 9.65. The monoisotopic (exact) mass is 226 g/mol. The van der Waals surface area contributed by atoms with Gasteiger partial charge in [0.15, 0.2) is 0 Å². The second-order valence-corrected chi connectivity index (χ2v) is 3.55. The number of carboxylic acid groups (broad SMARTS) is 1. The number of aromatic hydroxyl groups is 1. The van der Waals surface area contributed by atoms with Crippen LogP contribution >= 0.6 is 0 Å². The summed E-state index contributed by atoms with van der Waals surface area (Å²) >= 11 is 0. The van der Waals surface area contributed by atoms with E-state index in [0.717, 1.165) is 16.3 Å². The van der Waals surface area contributed by atoms with Crippen LogP contribution in [0, 0.1) is 11.8 Å². The molecule has 0 aromatic heterocycles. The maximum atomic E-state index is 10.4. The van der Waals surface area contributed by atoms with Crippen molar-refractivity contribution in [3.05, 3.63) is 42.0 Å². The van der Waals surface area contributed by atoms with Gasteiger partial charge in [0.05, 0.1) is 0 Å². The van der Waals surface area contributed by atoms with E-state index in [9.17, 15) is 9.90 Å². The molecule has 2 N–H and O–H groups in total. The van der Waals surface area contributed by atoms with E-state index in [1.165, 1.54) is 0 Å². The zero-order chi connectivity index (χ0) is 12.3. The molecule has 0 bridgehead atoms. The molecule has 2 aromatic rings. The van der Waals surface area contributed by atoms with Gasteiger partial charge in [0.2, 0.25) is 0 Å². The lowest BCUT2D eigenvalue weighted by molar-refractivity contribution is -0.135. The van der Waals surface area contributed by atoms with Gasteiger partial charge in [0.1, 0.15) is 12.2 Å². The number of phenols is 1. The van der Waals surface area contributed by atoms with Crippen LogP contribution in [0.25, 0.3) is 10.8 Å². The van der Waals surface area contributed by atoms with Crippen LogP contribution in [0.15, 0.2) is 36.4 Å². The second-order valence-electron chi connectivity index (χ2n) is 3.55. The standard InChI is InChI=1S/C14H10O3/c15-13-9-8-10(4-3-7-14(16)17)11-5-1-2-6-12(11)13/h1-2,5-6,8-9,15H,7H2,(H,16,17). The quantitative estimate of drug-likeness (QED) is 0.734. The molecule has 0 saturated carbocycles. The number of aliphatic carboxylic acids is 1. The van der Waals surface area contributed by atoms with E-state index < -0.39 is 5.97 Å². The molecule has 2 rings (SSSR count). The average Bonchev–Trinajstić information content (AvgIpc) is 2.32. The third-order valence-corrected chi connectivity index (χ3v) is 2.36. The van der Waals surface area contributed by atoms with E-state index in [1.54, 1.807) is 18.2 Å². The molecule has 0 aliphatic heterocycles. The van der Waals surface area contributed by atoms with Crippen LogP contribution in [0.1, 0.15) is 12.0 Å².